The fraction of sp³-hybridized carbons (Fsp3) is 0.471. The van der Waals surface area contributed by atoms with Crippen molar-refractivity contribution in [1.82, 2.24) is 0 Å². The summed E-state index contributed by atoms with van der Waals surface area (Å²) in [6.45, 7) is 16.2. The molecule has 1 N–H and O–H groups in total. The van der Waals surface area contributed by atoms with E-state index in [1.807, 2.05) is 71.9 Å². The van der Waals surface area contributed by atoms with E-state index in [0.717, 1.165) is 31.2 Å². The minimum Gasteiger partial charge on any atom is -0.388 e. The van der Waals surface area contributed by atoms with E-state index in [9.17, 15) is 5.11 Å². The molecular formula is C34H52O. The van der Waals surface area contributed by atoms with Crippen LogP contribution in [0.25, 0.3) is 0 Å². The molecule has 0 spiro atoms. The molecule has 1 aliphatic carbocycles. The first-order chi connectivity index (χ1) is 17.2. The molecule has 3 aromatic carbocycles. The third-order valence-electron chi connectivity index (χ3n) is 5.70. The highest BCUT2D eigenvalue weighted by Gasteiger charge is 2.28. The third kappa shape index (κ3) is 11.7. The first-order valence-corrected chi connectivity index (χ1v) is 14.0. The van der Waals surface area contributed by atoms with Crippen LogP contribution in [0.1, 0.15) is 96.6 Å². The predicted molar refractivity (Wildman–Crippen MR) is 157 cm³/mol. The van der Waals surface area contributed by atoms with Crippen LogP contribution in [0.3, 0.4) is 0 Å². The molecule has 0 aliphatic heterocycles. The van der Waals surface area contributed by atoms with Gasteiger partial charge >= 0.3 is 0 Å². The summed E-state index contributed by atoms with van der Waals surface area (Å²) in [6.07, 6.45) is 5.09. The molecule has 35 heavy (non-hydrogen) atoms. The van der Waals surface area contributed by atoms with Crippen molar-refractivity contribution in [3.63, 3.8) is 0 Å². The van der Waals surface area contributed by atoms with Gasteiger partial charge in [-0.1, -0.05) is 147 Å². The van der Waals surface area contributed by atoms with Gasteiger partial charge < -0.3 is 5.11 Å². The second-order valence-corrected chi connectivity index (χ2v) is 8.29. The molecule has 4 rings (SSSR count). The van der Waals surface area contributed by atoms with Gasteiger partial charge in [-0.25, -0.2) is 0 Å². The predicted octanol–water partition coefficient (Wildman–Crippen LogP) is 9.88. The molecule has 3 aromatic rings. The zero-order chi connectivity index (χ0) is 26.5. The van der Waals surface area contributed by atoms with Crippen LogP contribution in [0, 0.1) is 11.8 Å². The Morgan fingerprint density at radius 2 is 1.06 bits per heavy atom. The van der Waals surface area contributed by atoms with Gasteiger partial charge in [-0.3, -0.25) is 0 Å². The SMILES string of the molecule is CC.CC.CC.CCC.O[C@H](c1ccccc1)[C@H](Cc1ccccc1)CC1Cc2ccccc2C1. The lowest BCUT2D eigenvalue weighted by atomic mass is 9.82. The summed E-state index contributed by atoms with van der Waals surface area (Å²) in [5, 5.41) is 11.1. The van der Waals surface area contributed by atoms with E-state index in [1.165, 1.54) is 23.1 Å². The lowest BCUT2D eigenvalue weighted by Gasteiger charge is -2.26. The maximum atomic E-state index is 11.1. The number of rotatable bonds is 6. The molecule has 1 aliphatic rings. The minimum absolute atomic E-state index is 0.235. The number of aliphatic hydroxyl groups excluding tert-OH is 1. The van der Waals surface area contributed by atoms with Gasteiger partial charge in [0, 0.05) is 0 Å². The molecule has 0 heterocycles. The average Bonchev–Trinajstić information content (AvgIpc) is 3.35. The summed E-state index contributed by atoms with van der Waals surface area (Å²) in [4.78, 5) is 0. The van der Waals surface area contributed by atoms with Crippen LogP contribution in [0.15, 0.2) is 84.9 Å². The molecule has 0 unspecified atom stereocenters. The van der Waals surface area contributed by atoms with Gasteiger partial charge in [0.2, 0.25) is 0 Å². The molecular weight excluding hydrogens is 424 g/mol. The number of hydrogen-bond donors (Lipinski definition) is 1. The minimum atomic E-state index is -0.417. The maximum absolute atomic E-state index is 11.1. The van der Waals surface area contributed by atoms with E-state index in [4.69, 9.17) is 0 Å². The number of fused-ring (bicyclic) bond motifs is 1. The largest absolute Gasteiger partial charge is 0.388 e. The van der Waals surface area contributed by atoms with Crippen molar-refractivity contribution in [3.05, 3.63) is 107 Å². The summed E-state index contributed by atoms with van der Waals surface area (Å²) in [7, 11) is 0. The summed E-state index contributed by atoms with van der Waals surface area (Å²) in [5.74, 6) is 0.860. The van der Waals surface area contributed by atoms with Crippen molar-refractivity contribution < 1.29 is 5.11 Å². The van der Waals surface area contributed by atoms with Crippen molar-refractivity contribution in [2.45, 2.75) is 93.6 Å². The number of benzene rings is 3. The monoisotopic (exact) mass is 476 g/mol. The molecule has 1 heteroatoms. The van der Waals surface area contributed by atoms with Crippen molar-refractivity contribution in [1.29, 1.82) is 0 Å². The van der Waals surface area contributed by atoms with Crippen LogP contribution in [0.5, 0.6) is 0 Å². The number of hydrogen-bond acceptors (Lipinski definition) is 1. The Balaban J connectivity index is 0.00000115. The Morgan fingerprint density at radius 3 is 1.51 bits per heavy atom. The summed E-state index contributed by atoms with van der Waals surface area (Å²) < 4.78 is 0. The second-order valence-electron chi connectivity index (χ2n) is 8.29. The zero-order valence-corrected chi connectivity index (χ0v) is 23.8. The molecule has 0 aromatic heterocycles. The van der Waals surface area contributed by atoms with E-state index in [0.29, 0.717) is 5.92 Å². The highest BCUT2D eigenvalue weighted by molar-refractivity contribution is 5.32. The van der Waals surface area contributed by atoms with Crippen LogP contribution in [-0.2, 0) is 19.3 Å². The molecule has 0 radical (unpaired) electrons. The number of aliphatic hydroxyl groups is 1. The van der Waals surface area contributed by atoms with Crippen molar-refractivity contribution in [2.75, 3.05) is 0 Å². The first-order valence-electron chi connectivity index (χ1n) is 14.0. The Morgan fingerprint density at radius 1 is 0.657 bits per heavy atom. The Hall–Kier alpha value is -2.38. The maximum Gasteiger partial charge on any atom is 0.0821 e. The van der Waals surface area contributed by atoms with Crippen LogP contribution < -0.4 is 0 Å². The van der Waals surface area contributed by atoms with E-state index < -0.39 is 6.10 Å². The van der Waals surface area contributed by atoms with Gasteiger partial charge in [-0.2, -0.15) is 0 Å². The van der Waals surface area contributed by atoms with Crippen molar-refractivity contribution in [3.8, 4) is 0 Å². The van der Waals surface area contributed by atoms with Gasteiger partial charge in [-0.05, 0) is 59.8 Å². The molecule has 1 nitrogen and oxygen atoms in total. The highest BCUT2D eigenvalue weighted by Crippen LogP contribution is 2.36. The highest BCUT2D eigenvalue weighted by atomic mass is 16.3. The zero-order valence-electron chi connectivity index (χ0n) is 23.8. The van der Waals surface area contributed by atoms with Gasteiger partial charge in [0.25, 0.3) is 0 Å². The summed E-state index contributed by atoms with van der Waals surface area (Å²) >= 11 is 0. The van der Waals surface area contributed by atoms with E-state index >= 15 is 0 Å². The molecule has 0 saturated carbocycles. The van der Waals surface area contributed by atoms with Crippen LogP contribution in [-0.4, -0.2) is 5.11 Å². The molecule has 0 amide bonds. The summed E-state index contributed by atoms with van der Waals surface area (Å²) in [6, 6.07) is 29.5. The molecule has 2 atom stereocenters. The fourth-order valence-electron chi connectivity index (χ4n) is 4.41. The van der Waals surface area contributed by atoms with E-state index in [2.05, 4.69) is 68.4 Å². The van der Waals surface area contributed by atoms with Gasteiger partial charge in [0.05, 0.1) is 6.10 Å². The smallest absolute Gasteiger partial charge is 0.0821 e. The van der Waals surface area contributed by atoms with Gasteiger partial charge in [0.15, 0.2) is 0 Å². The van der Waals surface area contributed by atoms with E-state index in [-0.39, 0.29) is 5.92 Å². The topological polar surface area (TPSA) is 20.2 Å². The normalized spacial score (nSPS) is 13.1. The lowest BCUT2D eigenvalue weighted by molar-refractivity contribution is 0.0925. The van der Waals surface area contributed by atoms with Gasteiger partial charge in [-0.15, -0.1) is 0 Å². The Bertz CT molecular complexity index is 816. The van der Waals surface area contributed by atoms with Crippen LogP contribution >= 0.6 is 0 Å². The lowest BCUT2D eigenvalue weighted by Crippen LogP contribution is -2.20. The van der Waals surface area contributed by atoms with Crippen molar-refractivity contribution in [2.24, 2.45) is 11.8 Å². The molecule has 194 valence electrons. The van der Waals surface area contributed by atoms with Crippen LogP contribution in [0.2, 0.25) is 0 Å². The summed E-state index contributed by atoms with van der Waals surface area (Å²) in [5.41, 5.74) is 5.32. The average molecular weight is 477 g/mol. The van der Waals surface area contributed by atoms with Gasteiger partial charge in [0.1, 0.15) is 0 Å². The first kappa shape index (κ1) is 32.6. The molecule has 0 saturated heterocycles. The quantitative estimate of drug-likeness (QED) is 0.375. The molecule has 0 bridgehead atoms. The standard InChI is InChI=1S/C25H26O.C3H8.3C2H6/c26-25(21-11-5-2-6-12-21)24(15-19-9-3-1-4-10-19)18-20-16-22-13-7-8-14-23(22)17-20;1-3-2;3*1-2/h1-14,20,24-26H,15-18H2;3H2,1-2H3;3*1-2H3/t24-,25-;;;;/m1..../s1. The fourth-order valence-corrected chi connectivity index (χ4v) is 4.41. The van der Waals surface area contributed by atoms with E-state index in [1.54, 1.807) is 0 Å². The molecule has 0 fully saturated rings. The Kier molecular flexibility index (Phi) is 19.5. The third-order valence-corrected chi connectivity index (χ3v) is 5.70. The van der Waals surface area contributed by atoms with Crippen molar-refractivity contribution >= 4 is 0 Å². The van der Waals surface area contributed by atoms with Crippen LogP contribution in [0.4, 0.5) is 0 Å². The Labute approximate surface area is 217 Å². The second kappa shape index (κ2) is 20.9.